The molecule has 1 aliphatic heterocycles. The van der Waals surface area contributed by atoms with E-state index in [0.717, 1.165) is 5.56 Å². The molecule has 1 atom stereocenters. The van der Waals surface area contributed by atoms with Gasteiger partial charge >= 0.3 is 5.97 Å². The topological polar surface area (TPSA) is 82.1 Å². The number of carbonyl (C=O) groups excluding carboxylic acids is 2. The second-order valence-electron chi connectivity index (χ2n) is 4.52. The molecule has 6 heteroatoms. The zero-order chi connectivity index (χ0) is 15.2. The molecule has 0 fully saturated rings. The number of hydrogen-bond acceptors (Lipinski definition) is 6. The van der Waals surface area contributed by atoms with Crippen molar-refractivity contribution in [3.8, 4) is 0 Å². The number of benzene rings is 1. The third kappa shape index (κ3) is 3.68. The summed E-state index contributed by atoms with van der Waals surface area (Å²) in [4.78, 5) is 32.9. The van der Waals surface area contributed by atoms with Gasteiger partial charge in [0.15, 0.2) is 17.6 Å². The van der Waals surface area contributed by atoms with Gasteiger partial charge in [-0.15, -0.1) is 0 Å². The number of cyclic esters (lactones) is 1. The average molecular weight is 292 g/mol. The molecule has 6 nitrogen and oxygen atoms in total. The summed E-state index contributed by atoms with van der Waals surface area (Å²) in [5.41, 5.74) is 0.489. The fourth-order valence-electron chi connectivity index (χ4n) is 2.07. The molecule has 0 spiro atoms. The van der Waals surface area contributed by atoms with Gasteiger partial charge in [0.05, 0.1) is 13.7 Å². The molecule has 1 aliphatic rings. The van der Waals surface area contributed by atoms with Crippen molar-refractivity contribution in [1.29, 1.82) is 0 Å². The van der Waals surface area contributed by atoms with E-state index in [1.54, 1.807) is 24.3 Å². The second kappa shape index (κ2) is 7.01. The van der Waals surface area contributed by atoms with Crippen molar-refractivity contribution in [3.05, 3.63) is 47.2 Å². The predicted octanol–water partition coefficient (Wildman–Crippen LogP) is 1.50. The molecule has 2 rings (SSSR count). The Hall–Kier alpha value is -2.18. The molecule has 0 saturated heterocycles. The van der Waals surface area contributed by atoms with Gasteiger partial charge in [0, 0.05) is 12.8 Å². The molecule has 0 amide bonds. The monoisotopic (exact) mass is 292 g/mol. The van der Waals surface area contributed by atoms with Crippen molar-refractivity contribution in [2.24, 2.45) is 0 Å². The summed E-state index contributed by atoms with van der Waals surface area (Å²) in [6.45, 7) is 0.138. The van der Waals surface area contributed by atoms with Crippen LogP contribution >= 0.6 is 0 Å². The lowest BCUT2D eigenvalue weighted by molar-refractivity contribution is -0.274. The minimum absolute atomic E-state index is 0.0383. The maximum absolute atomic E-state index is 12.1. The summed E-state index contributed by atoms with van der Waals surface area (Å²) in [5.74, 6) is -1.59. The highest BCUT2D eigenvalue weighted by molar-refractivity contribution is 6.19. The largest absolute Gasteiger partial charge is 0.507 e. The Morgan fingerprint density at radius 2 is 2.05 bits per heavy atom. The Morgan fingerprint density at radius 1 is 1.33 bits per heavy atom. The summed E-state index contributed by atoms with van der Waals surface area (Å²) in [6.07, 6.45) is -0.605. The van der Waals surface area contributed by atoms with E-state index in [1.807, 2.05) is 6.07 Å². The Morgan fingerprint density at radius 3 is 2.71 bits per heavy atom. The van der Waals surface area contributed by atoms with Gasteiger partial charge in [-0.25, -0.2) is 14.6 Å². The van der Waals surface area contributed by atoms with E-state index in [4.69, 9.17) is 4.74 Å². The number of ketones is 1. The number of hydrogen-bond donors (Lipinski definition) is 1. The van der Waals surface area contributed by atoms with Crippen LogP contribution in [0, 0.1) is 0 Å². The minimum atomic E-state index is -0.859. The Balaban J connectivity index is 2.06. The van der Waals surface area contributed by atoms with E-state index >= 15 is 0 Å². The first-order chi connectivity index (χ1) is 10.1. The van der Waals surface area contributed by atoms with Crippen molar-refractivity contribution in [2.75, 3.05) is 13.7 Å². The first-order valence-electron chi connectivity index (χ1n) is 6.50. The Labute approximate surface area is 121 Å². The highest BCUT2D eigenvalue weighted by Gasteiger charge is 2.37. The molecule has 1 unspecified atom stereocenters. The fraction of sp³-hybridized carbons (Fsp3) is 0.333. The quantitative estimate of drug-likeness (QED) is 0.270. The third-order valence-corrected chi connectivity index (χ3v) is 3.08. The smallest absolute Gasteiger partial charge is 0.346 e. The molecule has 1 heterocycles. The molecule has 1 aromatic carbocycles. The maximum atomic E-state index is 12.1. The number of aliphatic hydroxyl groups is 1. The first-order valence-corrected chi connectivity index (χ1v) is 6.50. The van der Waals surface area contributed by atoms with Crippen LogP contribution in [-0.4, -0.2) is 36.7 Å². The average Bonchev–Trinajstić information content (AvgIpc) is 2.75. The van der Waals surface area contributed by atoms with Crippen LogP contribution in [0.1, 0.15) is 12.0 Å². The van der Waals surface area contributed by atoms with Crippen molar-refractivity contribution in [2.45, 2.75) is 18.9 Å². The number of rotatable bonds is 7. The van der Waals surface area contributed by atoms with Crippen molar-refractivity contribution >= 4 is 11.8 Å². The molecule has 0 bridgehead atoms. The first kappa shape index (κ1) is 15.2. The molecule has 0 aliphatic carbocycles. The minimum Gasteiger partial charge on any atom is -0.507 e. The third-order valence-electron chi connectivity index (χ3n) is 3.08. The van der Waals surface area contributed by atoms with Crippen LogP contribution in [0.2, 0.25) is 0 Å². The Bertz CT molecular complexity index is 549. The summed E-state index contributed by atoms with van der Waals surface area (Å²) in [5, 5.41) is 9.98. The van der Waals surface area contributed by atoms with Crippen LogP contribution in [-0.2, 0) is 30.5 Å². The van der Waals surface area contributed by atoms with E-state index in [9.17, 15) is 14.7 Å². The lowest BCUT2D eigenvalue weighted by atomic mass is 10.0. The van der Waals surface area contributed by atoms with Gasteiger partial charge in [-0.3, -0.25) is 4.79 Å². The molecular weight excluding hydrogens is 276 g/mol. The number of carbonyl (C=O) groups is 2. The van der Waals surface area contributed by atoms with E-state index in [1.165, 1.54) is 7.11 Å². The van der Waals surface area contributed by atoms with Crippen molar-refractivity contribution in [3.63, 3.8) is 0 Å². The lowest BCUT2D eigenvalue weighted by Crippen LogP contribution is -2.14. The molecule has 0 saturated carbocycles. The van der Waals surface area contributed by atoms with Gasteiger partial charge in [0.1, 0.15) is 5.57 Å². The molecule has 1 N–H and O–H groups in total. The highest BCUT2D eigenvalue weighted by atomic mass is 17.2. The van der Waals surface area contributed by atoms with Gasteiger partial charge in [0.2, 0.25) is 0 Å². The van der Waals surface area contributed by atoms with Crippen LogP contribution in [0.5, 0.6) is 0 Å². The van der Waals surface area contributed by atoms with Crippen LogP contribution in [0.3, 0.4) is 0 Å². The van der Waals surface area contributed by atoms with Gasteiger partial charge in [-0.05, 0) is 5.56 Å². The van der Waals surface area contributed by atoms with E-state index < -0.39 is 17.9 Å². The van der Waals surface area contributed by atoms with Gasteiger partial charge in [-0.1, -0.05) is 30.3 Å². The van der Waals surface area contributed by atoms with Crippen molar-refractivity contribution < 1.29 is 29.2 Å². The van der Waals surface area contributed by atoms with E-state index in [-0.39, 0.29) is 30.8 Å². The van der Waals surface area contributed by atoms with Gasteiger partial charge in [0.25, 0.3) is 0 Å². The number of esters is 1. The van der Waals surface area contributed by atoms with Crippen molar-refractivity contribution in [1.82, 2.24) is 0 Å². The maximum Gasteiger partial charge on any atom is 0.346 e. The van der Waals surface area contributed by atoms with E-state index in [2.05, 4.69) is 9.78 Å². The molecule has 112 valence electrons. The zero-order valence-electron chi connectivity index (χ0n) is 11.6. The molecule has 1 aromatic rings. The SMILES string of the molecule is COOCCC1OC(=O)C(C(=O)Cc2ccccc2)=C1O. The Kier molecular flexibility index (Phi) is 5.08. The highest BCUT2D eigenvalue weighted by Crippen LogP contribution is 2.24. The van der Waals surface area contributed by atoms with Crippen LogP contribution in [0.15, 0.2) is 41.7 Å². The van der Waals surface area contributed by atoms with Gasteiger partial charge < -0.3 is 9.84 Å². The predicted molar refractivity (Wildman–Crippen MR) is 72.3 cm³/mol. The molecular formula is C15H16O6. The molecule has 0 aromatic heterocycles. The molecule has 21 heavy (non-hydrogen) atoms. The standard InChI is InChI=1S/C15H16O6/c1-19-20-8-7-12-14(17)13(15(18)21-12)11(16)9-10-5-3-2-4-6-10/h2-6,12,17H,7-9H2,1H3. The van der Waals surface area contributed by atoms with Gasteiger partial charge in [-0.2, -0.15) is 0 Å². The normalized spacial score (nSPS) is 18.0. The summed E-state index contributed by atoms with van der Waals surface area (Å²) in [6, 6.07) is 8.99. The zero-order valence-corrected chi connectivity index (χ0v) is 11.6. The van der Waals surface area contributed by atoms with Crippen LogP contribution < -0.4 is 0 Å². The van der Waals surface area contributed by atoms with E-state index in [0.29, 0.717) is 0 Å². The summed E-state index contributed by atoms with van der Waals surface area (Å²) >= 11 is 0. The number of aliphatic hydroxyl groups excluding tert-OH is 1. The molecule has 0 radical (unpaired) electrons. The lowest BCUT2D eigenvalue weighted by Gasteiger charge is -2.08. The number of Topliss-reactive ketones (excluding diaryl/α,β-unsaturated/α-hetero) is 1. The second-order valence-corrected chi connectivity index (χ2v) is 4.52. The number of ether oxygens (including phenoxy) is 1. The fourth-order valence-corrected chi connectivity index (χ4v) is 2.07. The van der Waals surface area contributed by atoms with Crippen LogP contribution in [0.25, 0.3) is 0 Å². The van der Waals surface area contributed by atoms with Crippen LogP contribution in [0.4, 0.5) is 0 Å². The summed E-state index contributed by atoms with van der Waals surface area (Å²) in [7, 11) is 1.35. The summed E-state index contributed by atoms with van der Waals surface area (Å²) < 4.78 is 4.97.